The van der Waals surface area contributed by atoms with Crippen LogP contribution in [0.25, 0.3) is 0 Å². The number of hydrogen-bond donors (Lipinski definition) is 0. The first-order chi connectivity index (χ1) is 6.90. The van der Waals surface area contributed by atoms with Crippen molar-refractivity contribution < 1.29 is 14.1 Å². The molecule has 4 nitrogen and oxygen atoms in total. The molecule has 0 aromatic carbocycles. The van der Waals surface area contributed by atoms with E-state index in [4.69, 9.17) is 4.74 Å². The van der Waals surface area contributed by atoms with Crippen molar-refractivity contribution in [3.63, 3.8) is 0 Å². The van der Waals surface area contributed by atoms with Gasteiger partial charge >= 0.3 is 5.97 Å². The topological polar surface area (TPSA) is 29.5 Å². The van der Waals surface area contributed by atoms with Gasteiger partial charge < -0.3 is 4.74 Å². The molecule has 0 bridgehead atoms. The first-order valence-corrected chi connectivity index (χ1v) is 5.19. The van der Waals surface area contributed by atoms with Crippen LogP contribution in [-0.4, -0.2) is 56.4 Å². The Balaban J connectivity index is 3.77. The van der Waals surface area contributed by atoms with Crippen molar-refractivity contribution in [3.05, 3.63) is 12.7 Å². The Hall–Kier alpha value is -0.870. The lowest BCUT2D eigenvalue weighted by Gasteiger charge is -2.36. The van der Waals surface area contributed by atoms with Gasteiger partial charge in [0.2, 0.25) is 0 Å². The Morgan fingerprint density at radius 3 is 2.60 bits per heavy atom. The quantitative estimate of drug-likeness (QED) is 0.209. The zero-order valence-electron chi connectivity index (χ0n) is 10.3. The number of quaternary nitrogens is 1. The fourth-order valence-electron chi connectivity index (χ4n) is 1.24. The van der Waals surface area contributed by atoms with E-state index in [9.17, 15) is 4.79 Å². The van der Waals surface area contributed by atoms with E-state index in [1.54, 1.807) is 0 Å². The summed E-state index contributed by atoms with van der Waals surface area (Å²) in [4.78, 5) is 10.5. The van der Waals surface area contributed by atoms with Crippen molar-refractivity contribution in [2.24, 2.45) is 0 Å². The Labute approximate surface area is 92.7 Å². The molecule has 88 valence electrons. The molecule has 0 unspecified atom stereocenters. The number of hydrogen-bond acceptors (Lipinski definition) is 3. The van der Waals surface area contributed by atoms with E-state index in [0.29, 0.717) is 6.61 Å². The second-order valence-corrected chi connectivity index (χ2v) is 4.17. The first kappa shape index (κ1) is 14.1. The molecule has 0 aliphatic carbocycles. The summed E-state index contributed by atoms with van der Waals surface area (Å²) >= 11 is 0. The van der Waals surface area contributed by atoms with Crippen molar-refractivity contribution in [2.45, 2.75) is 13.3 Å². The summed E-state index contributed by atoms with van der Waals surface area (Å²) in [5.74, 6) is -0.211. The second kappa shape index (κ2) is 6.58. The van der Waals surface area contributed by atoms with Crippen molar-refractivity contribution in [1.29, 1.82) is 0 Å². The number of esters is 1. The number of likely N-dealkylation sites (N-methyl/N-ethyl adjacent to an activating group) is 1. The predicted octanol–water partition coefficient (Wildman–Crippen LogP) is 1.05. The van der Waals surface area contributed by atoms with Crippen LogP contribution in [0, 0.1) is 0 Å². The van der Waals surface area contributed by atoms with E-state index in [0.717, 1.165) is 24.1 Å². The van der Waals surface area contributed by atoms with Gasteiger partial charge in [0.05, 0.1) is 27.2 Å². The fraction of sp³-hybridized carbons (Fsp3) is 0.727. The van der Waals surface area contributed by atoms with Gasteiger partial charge in [-0.3, -0.25) is 4.79 Å². The Bertz CT molecular complexity index is 215. The van der Waals surface area contributed by atoms with Gasteiger partial charge in [0.15, 0.2) is 0 Å². The third-order valence-corrected chi connectivity index (χ3v) is 2.43. The van der Waals surface area contributed by atoms with Gasteiger partial charge in [-0.2, -0.15) is 5.01 Å². The van der Waals surface area contributed by atoms with Gasteiger partial charge in [0.25, 0.3) is 0 Å². The molecule has 0 spiro atoms. The highest BCUT2D eigenvalue weighted by molar-refractivity contribution is 5.65. The van der Waals surface area contributed by atoms with Crippen LogP contribution in [0.4, 0.5) is 0 Å². The van der Waals surface area contributed by atoms with Gasteiger partial charge in [-0.25, -0.2) is 4.59 Å². The number of ether oxygens (including phenoxy) is 1. The SMILES string of the molecule is C=CC[N+](C)(C)N(C)CCCOC(C)=O. The van der Waals surface area contributed by atoms with Crippen LogP contribution in [0.15, 0.2) is 12.7 Å². The maximum atomic E-state index is 10.5. The lowest BCUT2D eigenvalue weighted by Crippen LogP contribution is -2.53. The maximum Gasteiger partial charge on any atom is 0.302 e. The molecule has 15 heavy (non-hydrogen) atoms. The van der Waals surface area contributed by atoms with Crippen LogP contribution in [-0.2, 0) is 9.53 Å². The van der Waals surface area contributed by atoms with Crippen LogP contribution in [0.2, 0.25) is 0 Å². The lowest BCUT2D eigenvalue weighted by atomic mass is 10.4. The predicted molar refractivity (Wildman–Crippen MR) is 61.1 cm³/mol. The minimum absolute atomic E-state index is 0.211. The fourth-order valence-corrected chi connectivity index (χ4v) is 1.24. The Morgan fingerprint density at radius 2 is 2.13 bits per heavy atom. The molecule has 0 heterocycles. The molecule has 0 aliphatic heterocycles. The summed E-state index contributed by atoms with van der Waals surface area (Å²) in [5, 5.41) is 2.20. The van der Waals surface area contributed by atoms with E-state index in [2.05, 4.69) is 32.7 Å². The normalized spacial score (nSPS) is 11.5. The van der Waals surface area contributed by atoms with E-state index in [-0.39, 0.29) is 5.97 Å². The van der Waals surface area contributed by atoms with Gasteiger partial charge in [-0.05, 0) is 12.5 Å². The molecule has 0 fully saturated rings. The molecule has 0 radical (unpaired) electrons. The monoisotopic (exact) mass is 215 g/mol. The maximum absolute atomic E-state index is 10.5. The minimum Gasteiger partial charge on any atom is -0.466 e. The molecular weight excluding hydrogens is 192 g/mol. The molecule has 0 saturated carbocycles. The number of carbonyl (C=O) groups excluding carboxylic acids is 1. The summed E-state index contributed by atoms with van der Waals surface area (Å²) in [6.07, 6.45) is 2.76. The second-order valence-electron chi connectivity index (χ2n) is 4.17. The Kier molecular flexibility index (Phi) is 6.20. The molecule has 4 heteroatoms. The average molecular weight is 215 g/mol. The van der Waals surface area contributed by atoms with Crippen LogP contribution >= 0.6 is 0 Å². The molecule has 0 atom stereocenters. The van der Waals surface area contributed by atoms with Crippen molar-refractivity contribution in [3.8, 4) is 0 Å². The van der Waals surface area contributed by atoms with Crippen LogP contribution in [0.5, 0.6) is 0 Å². The number of carbonyl (C=O) groups is 1. The third kappa shape index (κ3) is 6.25. The van der Waals surface area contributed by atoms with Crippen LogP contribution < -0.4 is 0 Å². The molecular formula is C11H23N2O2+. The molecule has 0 aromatic rings. The smallest absolute Gasteiger partial charge is 0.302 e. The third-order valence-electron chi connectivity index (χ3n) is 2.43. The zero-order valence-corrected chi connectivity index (χ0v) is 10.3. The minimum atomic E-state index is -0.211. The van der Waals surface area contributed by atoms with E-state index >= 15 is 0 Å². The average Bonchev–Trinajstić information content (AvgIpc) is 2.11. The van der Waals surface area contributed by atoms with E-state index in [1.807, 2.05) is 6.08 Å². The standard InChI is InChI=1S/C11H23N2O2/c1-6-9-13(4,5)12(3)8-7-10-15-11(2)14/h6H,1,7-10H2,2-5H3/q+1. The highest BCUT2D eigenvalue weighted by Crippen LogP contribution is 2.03. The highest BCUT2D eigenvalue weighted by Gasteiger charge is 2.19. The van der Waals surface area contributed by atoms with E-state index < -0.39 is 0 Å². The van der Waals surface area contributed by atoms with Crippen LogP contribution in [0.3, 0.4) is 0 Å². The number of nitrogens with zero attached hydrogens (tertiary/aromatic N) is 2. The van der Waals surface area contributed by atoms with Gasteiger partial charge in [-0.1, -0.05) is 6.58 Å². The summed E-state index contributed by atoms with van der Waals surface area (Å²) in [7, 11) is 6.29. The number of rotatable bonds is 7. The van der Waals surface area contributed by atoms with E-state index in [1.165, 1.54) is 6.92 Å². The highest BCUT2D eigenvalue weighted by atomic mass is 16.5. The van der Waals surface area contributed by atoms with Crippen molar-refractivity contribution >= 4 is 5.97 Å². The van der Waals surface area contributed by atoms with Crippen molar-refractivity contribution in [1.82, 2.24) is 5.01 Å². The van der Waals surface area contributed by atoms with Gasteiger partial charge in [0.1, 0.15) is 6.54 Å². The molecule has 0 amide bonds. The summed E-state index contributed by atoms with van der Waals surface area (Å²) in [6, 6.07) is 0. The Morgan fingerprint density at radius 1 is 1.53 bits per heavy atom. The summed E-state index contributed by atoms with van der Waals surface area (Å²) in [6.45, 7) is 7.45. The summed E-state index contributed by atoms with van der Waals surface area (Å²) < 4.78 is 5.64. The zero-order chi connectivity index (χ0) is 11.9. The van der Waals surface area contributed by atoms with Crippen LogP contribution in [0.1, 0.15) is 13.3 Å². The lowest BCUT2D eigenvalue weighted by molar-refractivity contribution is -0.995. The van der Waals surface area contributed by atoms with Crippen molar-refractivity contribution in [2.75, 3.05) is 40.8 Å². The molecule has 0 saturated heterocycles. The molecule has 0 aliphatic rings. The van der Waals surface area contributed by atoms with Gasteiger partial charge in [-0.15, -0.1) is 0 Å². The molecule has 0 N–H and O–H groups in total. The summed E-state index contributed by atoms with van der Waals surface area (Å²) in [5.41, 5.74) is 0. The van der Waals surface area contributed by atoms with Gasteiger partial charge in [0, 0.05) is 14.0 Å². The largest absolute Gasteiger partial charge is 0.466 e. The molecule has 0 aromatic heterocycles. The molecule has 0 rings (SSSR count). The first-order valence-electron chi connectivity index (χ1n) is 5.19.